The van der Waals surface area contributed by atoms with Crippen LogP contribution in [0.1, 0.15) is 6.42 Å². The van der Waals surface area contributed by atoms with E-state index in [0.717, 1.165) is 4.90 Å². The van der Waals surface area contributed by atoms with Crippen molar-refractivity contribution < 1.29 is 14.7 Å². The summed E-state index contributed by atoms with van der Waals surface area (Å²) in [6, 6.07) is -0.586. The molecule has 0 aromatic heterocycles. The van der Waals surface area contributed by atoms with Gasteiger partial charge in [-0.1, -0.05) is 0 Å². The van der Waals surface area contributed by atoms with Crippen LogP contribution in [0.15, 0.2) is 0 Å². The van der Waals surface area contributed by atoms with Gasteiger partial charge in [0.05, 0.1) is 0 Å². The Morgan fingerprint density at radius 1 is 1.60 bits per heavy atom. The summed E-state index contributed by atoms with van der Waals surface area (Å²) in [4.78, 5) is 21.7. The van der Waals surface area contributed by atoms with Gasteiger partial charge in [-0.2, -0.15) is 0 Å². The smallest absolute Gasteiger partial charge is 0.407 e. The maximum absolute atomic E-state index is 10.4. The molecule has 0 bridgehead atoms. The van der Waals surface area contributed by atoms with Crippen LogP contribution in [0.25, 0.3) is 0 Å². The Hall–Kier alpha value is -1.26. The highest BCUT2D eigenvalue weighted by molar-refractivity contribution is 5.85. The highest BCUT2D eigenvalue weighted by Crippen LogP contribution is 2.15. The van der Waals surface area contributed by atoms with Crippen molar-refractivity contribution in [1.29, 1.82) is 0 Å². The lowest BCUT2D eigenvalue weighted by Crippen LogP contribution is -2.56. The summed E-state index contributed by atoms with van der Waals surface area (Å²) in [7, 11) is 0. The number of amides is 2. The third kappa shape index (κ3) is 0.896. The molecule has 1 aliphatic heterocycles. The molecule has 0 spiro atoms. The summed E-state index contributed by atoms with van der Waals surface area (Å²) in [6.07, 6.45) is -0.517. The molecule has 1 fully saturated rings. The van der Waals surface area contributed by atoms with E-state index in [2.05, 4.69) is 0 Å². The zero-order chi connectivity index (χ0) is 7.72. The summed E-state index contributed by atoms with van der Waals surface area (Å²) in [5.41, 5.74) is 4.88. The summed E-state index contributed by atoms with van der Waals surface area (Å²) >= 11 is 0. The molecule has 0 unspecified atom stereocenters. The van der Waals surface area contributed by atoms with E-state index >= 15 is 0 Å². The molecule has 5 nitrogen and oxygen atoms in total. The van der Waals surface area contributed by atoms with Gasteiger partial charge in [0.2, 0.25) is 5.91 Å². The van der Waals surface area contributed by atoms with Gasteiger partial charge in [-0.3, -0.25) is 9.69 Å². The highest BCUT2D eigenvalue weighted by Gasteiger charge is 2.35. The van der Waals surface area contributed by atoms with Crippen molar-refractivity contribution in [2.24, 2.45) is 5.73 Å². The van der Waals surface area contributed by atoms with E-state index in [9.17, 15) is 9.59 Å². The predicted octanol–water partition coefficient (Wildman–Crippen LogP) is -0.776. The van der Waals surface area contributed by atoms with Crippen molar-refractivity contribution in [3.63, 3.8) is 0 Å². The first-order chi connectivity index (χ1) is 4.63. The Morgan fingerprint density at radius 2 is 2.20 bits per heavy atom. The number of hydrogen-bond acceptors (Lipinski definition) is 2. The van der Waals surface area contributed by atoms with E-state index in [1.807, 2.05) is 0 Å². The lowest BCUT2D eigenvalue weighted by atomic mass is 10.0. The summed E-state index contributed by atoms with van der Waals surface area (Å²) in [5, 5.41) is 8.37. The average molecular weight is 144 g/mol. The molecule has 0 radical (unpaired) electrons. The average Bonchev–Trinajstić information content (AvgIpc) is 1.56. The van der Waals surface area contributed by atoms with Gasteiger partial charge in [0.1, 0.15) is 6.04 Å². The van der Waals surface area contributed by atoms with Gasteiger partial charge in [0, 0.05) is 6.54 Å². The summed E-state index contributed by atoms with van der Waals surface area (Å²) in [5.74, 6) is -0.561. The minimum absolute atomic E-state index is 0.420. The predicted molar refractivity (Wildman–Crippen MR) is 32.3 cm³/mol. The molecule has 5 heteroatoms. The molecule has 56 valence electrons. The maximum atomic E-state index is 10.4. The van der Waals surface area contributed by atoms with Crippen molar-refractivity contribution in [2.75, 3.05) is 6.54 Å². The van der Waals surface area contributed by atoms with Crippen molar-refractivity contribution in [3.05, 3.63) is 0 Å². The van der Waals surface area contributed by atoms with Crippen LogP contribution >= 0.6 is 0 Å². The molecule has 2 amide bonds. The van der Waals surface area contributed by atoms with Gasteiger partial charge in [-0.15, -0.1) is 0 Å². The van der Waals surface area contributed by atoms with Crippen LogP contribution < -0.4 is 5.73 Å². The zero-order valence-electron chi connectivity index (χ0n) is 5.28. The summed E-state index contributed by atoms with van der Waals surface area (Å²) in [6.45, 7) is 0.420. The largest absolute Gasteiger partial charge is 0.465 e. The number of hydrogen-bond donors (Lipinski definition) is 2. The normalized spacial score (nSPS) is 23.6. The van der Waals surface area contributed by atoms with E-state index in [1.54, 1.807) is 0 Å². The molecular formula is C5H8N2O3. The monoisotopic (exact) mass is 144 g/mol. The summed E-state index contributed by atoms with van der Waals surface area (Å²) < 4.78 is 0. The Bertz CT molecular complexity index is 160. The van der Waals surface area contributed by atoms with Crippen LogP contribution in [-0.4, -0.2) is 34.6 Å². The molecule has 0 aromatic carbocycles. The van der Waals surface area contributed by atoms with Crippen molar-refractivity contribution >= 4 is 12.0 Å². The fraction of sp³-hybridized carbons (Fsp3) is 0.600. The van der Waals surface area contributed by atoms with Gasteiger partial charge in [-0.05, 0) is 6.42 Å². The van der Waals surface area contributed by atoms with Crippen LogP contribution in [0.2, 0.25) is 0 Å². The fourth-order valence-electron chi connectivity index (χ4n) is 0.912. The Morgan fingerprint density at radius 3 is 2.30 bits per heavy atom. The van der Waals surface area contributed by atoms with E-state index < -0.39 is 18.0 Å². The number of nitrogens with zero attached hydrogens (tertiary/aromatic N) is 1. The van der Waals surface area contributed by atoms with Crippen molar-refractivity contribution in [1.82, 2.24) is 4.90 Å². The topological polar surface area (TPSA) is 83.6 Å². The Labute approximate surface area is 57.4 Å². The number of rotatable bonds is 1. The standard InChI is InChI=1S/C5H8N2O3/c6-4(8)3-1-2-7(3)5(9)10/h3H,1-2H2,(H2,6,8)(H,9,10)/t3-/m1/s1. The highest BCUT2D eigenvalue weighted by atomic mass is 16.4. The molecule has 1 atom stereocenters. The molecule has 3 N–H and O–H groups in total. The SMILES string of the molecule is NC(=O)[C@H]1CCN1C(=O)O. The fourth-order valence-corrected chi connectivity index (χ4v) is 0.912. The van der Waals surface area contributed by atoms with Crippen LogP contribution in [-0.2, 0) is 4.79 Å². The lowest BCUT2D eigenvalue weighted by molar-refractivity contribution is -0.126. The van der Waals surface area contributed by atoms with Gasteiger partial charge in [0.25, 0.3) is 0 Å². The van der Waals surface area contributed by atoms with Gasteiger partial charge >= 0.3 is 6.09 Å². The molecule has 1 heterocycles. The van der Waals surface area contributed by atoms with Gasteiger partial charge in [-0.25, -0.2) is 4.79 Å². The first kappa shape index (κ1) is 6.85. The number of nitrogens with two attached hydrogens (primary N) is 1. The van der Waals surface area contributed by atoms with Crippen LogP contribution in [0.3, 0.4) is 0 Å². The molecule has 0 saturated carbocycles. The lowest BCUT2D eigenvalue weighted by Gasteiger charge is -2.35. The quantitative estimate of drug-likeness (QED) is 0.506. The molecule has 0 aromatic rings. The second-order valence-corrected chi connectivity index (χ2v) is 2.18. The van der Waals surface area contributed by atoms with E-state index in [1.165, 1.54) is 0 Å². The van der Waals surface area contributed by atoms with Gasteiger partial charge in [0.15, 0.2) is 0 Å². The van der Waals surface area contributed by atoms with E-state index in [-0.39, 0.29) is 0 Å². The van der Waals surface area contributed by atoms with Crippen molar-refractivity contribution in [2.45, 2.75) is 12.5 Å². The molecular weight excluding hydrogens is 136 g/mol. The van der Waals surface area contributed by atoms with Crippen molar-refractivity contribution in [3.8, 4) is 0 Å². The number of carbonyl (C=O) groups is 2. The first-order valence-corrected chi connectivity index (χ1v) is 2.92. The van der Waals surface area contributed by atoms with Crippen LogP contribution in [0.4, 0.5) is 4.79 Å². The first-order valence-electron chi connectivity index (χ1n) is 2.92. The molecule has 10 heavy (non-hydrogen) atoms. The minimum Gasteiger partial charge on any atom is -0.465 e. The minimum atomic E-state index is -1.07. The number of carbonyl (C=O) groups excluding carboxylic acids is 1. The Balaban J connectivity index is 2.51. The van der Waals surface area contributed by atoms with Crippen LogP contribution in [0.5, 0.6) is 0 Å². The van der Waals surface area contributed by atoms with E-state index in [4.69, 9.17) is 10.8 Å². The second kappa shape index (κ2) is 2.17. The van der Waals surface area contributed by atoms with Gasteiger partial charge < -0.3 is 10.8 Å². The molecule has 1 rings (SSSR count). The number of likely N-dealkylation sites (tertiary alicyclic amines) is 1. The second-order valence-electron chi connectivity index (χ2n) is 2.18. The van der Waals surface area contributed by atoms with E-state index in [0.29, 0.717) is 13.0 Å². The zero-order valence-corrected chi connectivity index (χ0v) is 5.28. The number of primary amides is 1. The molecule has 1 saturated heterocycles. The number of carboxylic acid groups (broad SMARTS) is 1. The van der Waals surface area contributed by atoms with Crippen LogP contribution in [0, 0.1) is 0 Å². The molecule has 1 aliphatic rings. The third-order valence-corrected chi connectivity index (χ3v) is 1.59. The Kier molecular flexibility index (Phi) is 1.48. The maximum Gasteiger partial charge on any atom is 0.407 e. The molecule has 0 aliphatic carbocycles. The third-order valence-electron chi connectivity index (χ3n) is 1.59.